The second-order valence-electron chi connectivity index (χ2n) is 4.32. The predicted octanol–water partition coefficient (Wildman–Crippen LogP) is 2.51. The normalized spacial score (nSPS) is 18.6. The Morgan fingerprint density at radius 3 is 3.11 bits per heavy atom. The van der Waals surface area contributed by atoms with Gasteiger partial charge in [-0.15, -0.1) is 0 Å². The molecule has 0 amide bonds. The molecule has 94 valence electrons. The van der Waals surface area contributed by atoms with Crippen LogP contribution in [0.25, 0.3) is 0 Å². The molecule has 0 fully saturated rings. The Balaban J connectivity index is 1.72. The van der Waals surface area contributed by atoms with Gasteiger partial charge in [0.05, 0.1) is 0 Å². The van der Waals surface area contributed by atoms with Gasteiger partial charge < -0.3 is 10.3 Å². The Hall–Kier alpha value is -1.04. The third-order valence-corrected chi connectivity index (χ3v) is 4.89. The smallest absolute Gasteiger partial charge is 0.304 e. The van der Waals surface area contributed by atoms with Gasteiger partial charge in [-0.2, -0.15) is 11.8 Å². The average molecular weight is 278 g/mol. The van der Waals surface area contributed by atoms with Gasteiger partial charge in [-0.25, -0.2) is 0 Å². The van der Waals surface area contributed by atoms with E-state index in [1.54, 1.807) is 0 Å². The highest BCUT2D eigenvalue weighted by Gasteiger charge is 2.19. The number of rotatable bonds is 3. The zero-order valence-electron chi connectivity index (χ0n) is 9.81. The summed E-state index contributed by atoms with van der Waals surface area (Å²) in [6.07, 6.45) is 0. The van der Waals surface area contributed by atoms with Gasteiger partial charge in [-0.05, 0) is 11.1 Å². The largest absolute Gasteiger partial charge is 0.315 e. The maximum atomic E-state index is 11.1. The number of hydrogen-bond acceptors (Lipinski definition) is 4. The van der Waals surface area contributed by atoms with Crippen LogP contribution in [-0.2, 0) is 12.3 Å². The summed E-state index contributed by atoms with van der Waals surface area (Å²) < 4.78 is 0. The zero-order valence-corrected chi connectivity index (χ0v) is 11.4. The summed E-state index contributed by atoms with van der Waals surface area (Å²) in [7, 11) is 0. The van der Waals surface area contributed by atoms with Crippen molar-refractivity contribution in [2.24, 2.45) is 0 Å². The minimum Gasteiger partial charge on any atom is -0.315 e. The van der Waals surface area contributed by atoms with Gasteiger partial charge in [-0.3, -0.25) is 4.79 Å². The van der Waals surface area contributed by atoms with E-state index in [9.17, 15) is 4.79 Å². The van der Waals surface area contributed by atoms with Gasteiger partial charge in [0, 0.05) is 35.2 Å². The van der Waals surface area contributed by atoms with Crippen LogP contribution >= 0.6 is 23.1 Å². The lowest BCUT2D eigenvalue weighted by Crippen LogP contribution is -2.26. The van der Waals surface area contributed by atoms with Crippen molar-refractivity contribution in [3.63, 3.8) is 0 Å². The summed E-state index contributed by atoms with van der Waals surface area (Å²) in [5.74, 6) is 2.19. The van der Waals surface area contributed by atoms with Crippen LogP contribution in [0.5, 0.6) is 0 Å². The van der Waals surface area contributed by atoms with Crippen molar-refractivity contribution in [3.05, 3.63) is 56.1 Å². The maximum absolute atomic E-state index is 11.1. The first-order valence-electron chi connectivity index (χ1n) is 5.88. The monoisotopic (exact) mass is 278 g/mol. The molecular weight excluding hydrogens is 264 g/mol. The van der Waals surface area contributed by atoms with Crippen LogP contribution in [-0.4, -0.2) is 10.7 Å². The van der Waals surface area contributed by atoms with E-state index in [2.05, 4.69) is 34.6 Å². The average Bonchev–Trinajstić information content (AvgIpc) is 2.82. The highest BCUT2D eigenvalue weighted by Crippen LogP contribution is 2.31. The molecule has 2 N–H and O–H groups in total. The summed E-state index contributed by atoms with van der Waals surface area (Å²) in [6, 6.07) is 8.96. The quantitative estimate of drug-likeness (QED) is 0.907. The van der Waals surface area contributed by atoms with E-state index in [1.807, 2.05) is 17.1 Å². The van der Waals surface area contributed by atoms with Crippen LogP contribution in [0, 0.1) is 0 Å². The van der Waals surface area contributed by atoms with E-state index in [0.717, 1.165) is 23.7 Å². The molecular formula is C13H14N2OS2. The van der Waals surface area contributed by atoms with Crippen LogP contribution in [0.15, 0.2) is 34.4 Å². The molecule has 2 heterocycles. The molecule has 0 aliphatic carbocycles. The van der Waals surface area contributed by atoms with Gasteiger partial charge in [-0.1, -0.05) is 35.6 Å². The van der Waals surface area contributed by atoms with E-state index in [1.165, 1.54) is 22.5 Å². The van der Waals surface area contributed by atoms with Crippen LogP contribution in [0.2, 0.25) is 0 Å². The molecule has 1 aliphatic heterocycles. The Morgan fingerprint density at radius 2 is 2.28 bits per heavy atom. The van der Waals surface area contributed by atoms with E-state index >= 15 is 0 Å². The summed E-state index contributed by atoms with van der Waals surface area (Å²) in [6.45, 7) is 0.721. The van der Waals surface area contributed by atoms with Gasteiger partial charge in [0.1, 0.15) is 0 Å². The predicted molar refractivity (Wildman–Crippen MR) is 77.1 cm³/mol. The van der Waals surface area contributed by atoms with Crippen molar-refractivity contribution in [3.8, 4) is 0 Å². The molecule has 1 aromatic carbocycles. The summed E-state index contributed by atoms with van der Waals surface area (Å²) in [5, 5.41) is 5.41. The minimum atomic E-state index is 0.0187. The number of nitrogens with one attached hydrogen (secondary N) is 2. The molecule has 1 aromatic heterocycles. The van der Waals surface area contributed by atoms with Crippen LogP contribution < -0.4 is 10.2 Å². The van der Waals surface area contributed by atoms with Gasteiger partial charge in [0.25, 0.3) is 0 Å². The Kier molecular flexibility index (Phi) is 3.54. The lowest BCUT2D eigenvalue weighted by atomic mass is 10.0. The van der Waals surface area contributed by atoms with Crippen molar-refractivity contribution in [1.29, 1.82) is 0 Å². The second kappa shape index (κ2) is 5.30. The number of aromatic amines is 1. The molecule has 0 spiro atoms. The first-order chi connectivity index (χ1) is 8.83. The number of fused-ring (bicyclic) bond motifs is 1. The fraction of sp³-hybridized carbons (Fsp3) is 0.308. The molecule has 5 heteroatoms. The molecule has 0 bridgehead atoms. The SMILES string of the molecule is O=c1[nH]c(CNC2CSCc3ccccc32)cs1. The van der Waals surface area contributed by atoms with Crippen LogP contribution in [0.3, 0.4) is 0 Å². The molecule has 0 saturated heterocycles. The van der Waals surface area contributed by atoms with Gasteiger partial charge in [0.15, 0.2) is 0 Å². The van der Waals surface area contributed by atoms with Crippen molar-refractivity contribution >= 4 is 23.1 Å². The highest BCUT2D eigenvalue weighted by molar-refractivity contribution is 7.98. The molecule has 3 nitrogen and oxygen atoms in total. The first-order valence-corrected chi connectivity index (χ1v) is 7.92. The minimum absolute atomic E-state index is 0.0187. The Bertz CT molecular complexity index is 590. The third-order valence-electron chi connectivity index (χ3n) is 3.08. The number of aromatic nitrogens is 1. The number of H-pyrrole nitrogens is 1. The second-order valence-corrected chi connectivity index (χ2v) is 6.19. The van der Waals surface area contributed by atoms with Crippen molar-refractivity contribution in [2.75, 3.05) is 5.75 Å². The molecule has 0 saturated carbocycles. The lowest BCUT2D eigenvalue weighted by Gasteiger charge is -2.25. The Morgan fingerprint density at radius 1 is 1.39 bits per heavy atom. The molecule has 1 atom stereocenters. The van der Waals surface area contributed by atoms with E-state index in [-0.39, 0.29) is 4.87 Å². The topological polar surface area (TPSA) is 44.9 Å². The molecule has 18 heavy (non-hydrogen) atoms. The fourth-order valence-corrected chi connectivity index (χ4v) is 3.90. The van der Waals surface area contributed by atoms with E-state index in [0.29, 0.717) is 6.04 Å². The molecule has 1 unspecified atom stereocenters. The zero-order chi connectivity index (χ0) is 12.4. The van der Waals surface area contributed by atoms with Crippen molar-refractivity contribution in [2.45, 2.75) is 18.3 Å². The van der Waals surface area contributed by atoms with Crippen molar-refractivity contribution < 1.29 is 0 Å². The number of benzene rings is 1. The molecule has 1 aliphatic rings. The molecule has 0 radical (unpaired) electrons. The molecule has 3 rings (SSSR count). The summed E-state index contributed by atoms with van der Waals surface area (Å²) in [4.78, 5) is 13.9. The van der Waals surface area contributed by atoms with Gasteiger partial charge >= 0.3 is 4.87 Å². The highest BCUT2D eigenvalue weighted by atomic mass is 32.2. The van der Waals surface area contributed by atoms with Gasteiger partial charge in [0.2, 0.25) is 0 Å². The number of thioether (sulfide) groups is 1. The van der Waals surface area contributed by atoms with Crippen LogP contribution in [0.4, 0.5) is 0 Å². The number of thiazole rings is 1. The Labute approximate surface area is 114 Å². The van der Waals surface area contributed by atoms with Crippen molar-refractivity contribution in [1.82, 2.24) is 10.3 Å². The van der Waals surface area contributed by atoms with Crippen LogP contribution in [0.1, 0.15) is 22.9 Å². The summed E-state index contributed by atoms with van der Waals surface area (Å²) >= 11 is 3.17. The number of hydrogen-bond donors (Lipinski definition) is 2. The fourth-order valence-electron chi connectivity index (χ4n) is 2.18. The third kappa shape index (κ3) is 2.53. The van der Waals surface area contributed by atoms with E-state index < -0.39 is 0 Å². The first kappa shape index (κ1) is 12.0. The maximum Gasteiger partial charge on any atom is 0.304 e. The lowest BCUT2D eigenvalue weighted by molar-refractivity contribution is 0.569. The standard InChI is InChI=1S/C13H14N2OS2/c16-13-15-10(7-18-13)5-14-12-8-17-6-9-3-1-2-4-11(9)12/h1-4,7,12,14H,5-6,8H2,(H,15,16). The molecule has 2 aromatic rings. The van der Waals surface area contributed by atoms with E-state index in [4.69, 9.17) is 0 Å². The summed E-state index contributed by atoms with van der Waals surface area (Å²) in [5.41, 5.74) is 3.79.